The number of amides is 1. The van der Waals surface area contributed by atoms with Crippen molar-refractivity contribution in [1.29, 1.82) is 0 Å². The van der Waals surface area contributed by atoms with E-state index in [0.717, 1.165) is 4.47 Å². The Labute approximate surface area is 195 Å². The van der Waals surface area contributed by atoms with Gasteiger partial charge in [0.2, 0.25) is 0 Å². The van der Waals surface area contributed by atoms with Crippen molar-refractivity contribution in [2.75, 3.05) is 25.2 Å². The van der Waals surface area contributed by atoms with Crippen LogP contribution >= 0.6 is 15.9 Å². The molecule has 0 aromatic heterocycles. The molecule has 32 heavy (non-hydrogen) atoms. The van der Waals surface area contributed by atoms with Crippen molar-refractivity contribution in [3.63, 3.8) is 0 Å². The minimum absolute atomic E-state index is 0.207. The van der Waals surface area contributed by atoms with Crippen molar-refractivity contribution < 1.29 is 23.8 Å². The van der Waals surface area contributed by atoms with Crippen molar-refractivity contribution in [1.82, 2.24) is 0 Å². The van der Waals surface area contributed by atoms with Crippen LogP contribution < -0.4 is 14.4 Å². The number of ether oxygens (including phenoxy) is 3. The Kier molecular flexibility index (Phi) is 7.53. The molecule has 0 saturated heterocycles. The van der Waals surface area contributed by atoms with E-state index in [0.29, 0.717) is 35.1 Å². The molecule has 0 radical (unpaired) electrons. The first-order valence-electron chi connectivity index (χ1n) is 10.0. The summed E-state index contributed by atoms with van der Waals surface area (Å²) in [4.78, 5) is 27.7. The molecule has 0 aliphatic carbocycles. The second-order valence-corrected chi connectivity index (χ2v) is 7.78. The minimum atomic E-state index is -0.540. The topological polar surface area (TPSA) is 65.1 Å². The average Bonchev–Trinajstić information content (AvgIpc) is 3.03. The van der Waals surface area contributed by atoms with Gasteiger partial charge >= 0.3 is 5.97 Å². The molecule has 0 spiro atoms. The average molecular weight is 498 g/mol. The van der Waals surface area contributed by atoms with Gasteiger partial charge in [-0.05, 0) is 61.9 Å². The maximum atomic E-state index is 13.4. The molecule has 2 aromatic rings. The largest absolute Gasteiger partial charge is 0.493 e. The monoisotopic (exact) mass is 497 g/mol. The predicted molar refractivity (Wildman–Crippen MR) is 128 cm³/mol. The van der Waals surface area contributed by atoms with Crippen molar-refractivity contribution in [2.24, 2.45) is 0 Å². The number of rotatable bonds is 8. The normalized spacial score (nSPS) is 14.7. The van der Waals surface area contributed by atoms with Crippen LogP contribution in [0, 0.1) is 0 Å². The molecule has 7 heteroatoms. The lowest BCUT2D eigenvalue weighted by Crippen LogP contribution is -2.24. The third-order valence-corrected chi connectivity index (χ3v) is 5.35. The number of esters is 1. The van der Waals surface area contributed by atoms with E-state index in [-0.39, 0.29) is 23.7 Å². The second-order valence-electron chi connectivity index (χ2n) is 6.87. The molecule has 0 unspecified atom stereocenters. The van der Waals surface area contributed by atoms with E-state index < -0.39 is 5.97 Å². The quantitative estimate of drug-likeness (QED) is 0.281. The van der Waals surface area contributed by atoms with Crippen LogP contribution in [-0.2, 0) is 14.3 Å². The SMILES string of the molecule is C=CCOc1ccc(/C=C2/C(=O)N(c3ccc(Br)cc3)C(C)=C2C(=O)OCC)cc1OC. The summed E-state index contributed by atoms with van der Waals surface area (Å²) < 4.78 is 17.1. The minimum Gasteiger partial charge on any atom is -0.493 e. The van der Waals surface area contributed by atoms with E-state index in [1.165, 1.54) is 12.0 Å². The fraction of sp³-hybridized carbons (Fsp3) is 0.200. The van der Waals surface area contributed by atoms with E-state index in [1.54, 1.807) is 44.2 Å². The van der Waals surface area contributed by atoms with Crippen LogP contribution in [0.15, 0.2) is 76.4 Å². The fourth-order valence-corrected chi connectivity index (χ4v) is 3.66. The number of hydrogen-bond donors (Lipinski definition) is 0. The zero-order chi connectivity index (χ0) is 23.3. The van der Waals surface area contributed by atoms with Crippen LogP contribution in [0.2, 0.25) is 0 Å². The number of benzene rings is 2. The van der Waals surface area contributed by atoms with Gasteiger partial charge in [0.1, 0.15) is 6.61 Å². The summed E-state index contributed by atoms with van der Waals surface area (Å²) in [5, 5.41) is 0. The standard InChI is InChI=1S/C25H24BrNO5/c1-5-13-32-21-12-7-17(15-22(21)30-4)14-20-23(25(29)31-6-2)16(3)27(24(20)28)19-10-8-18(26)9-11-19/h5,7-12,14-15H,1,6,13H2,2-4H3/b20-14+. The van der Waals surface area contributed by atoms with Gasteiger partial charge in [-0.2, -0.15) is 0 Å². The Morgan fingerprint density at radius 1 is 1.16 bits per heavy atom. The molecule has 1 amide bonds. The molecule has 6 nitrogen and oxygen atoms in total. The number of methoxy groups -OCH3 is 1. The van der Waals surface area contributed by atoms with Gasteiger partial charge in [-0.15, -0.1) is 0 Å². The lowest BCUT2D eigenvalue weighted by molar-refractivity contribution is -0.138. The highest BCUT2D eigenvalue weighted by Crippen LogP contribution is 2.37. The highest BCUT2D eigenvalue weighted by molar-refractivity contribution is 9.10. The van der Waals surface area contributed by atoms with E-state index >= 15 is 0 Å². The Balaban J connectivity index is 2.08. The number of allylic oxidation sites excluding steroid dienone is 1. The summed E-state index contributed by atoms with van der Waals surface area (Å²) in [6, 6.07) is 12.6. The van der Waals surface area contributed by atoms with Gasteiger partial charge in [-0.25, -0.2) is 4.79 Å². The second kappa shape index (κ2) is 10.3. The highest BCUT2D eigenvalue weighted by Gasteiger charge is 2.38. The summed E-state index contributed by atoms with van der Waals surface area (Å²) in [6.07, 6.45) is 3.30. The summed E-state index contributed by atoms with van der Waals surface area (Å²) in [7, 11) is 1.54. The van der Waals surface area contributed by atoms with Crippen LogP contribution in [0.1, 0.15) is 19.4 Å². The van der Waals surface area contributed by atoms with Gasteiger partial charge in [0.15, 0.2) is 11.5 Å². The zero-order valence-electron chi connectivity index (χ0n) is 18.2. The Hall–Kier alpha value is -3.32. The molecular formula is C25H24BrNO5. The molecule has 1 heterocycles. The zero-order valence-corrected chi connectivity index (χ0v) is 19.8. The maximum absolute atomic E-state index is 13.4. The molecule has 1 aliphatic heterocycles. The molecule has 3 rings (SSSR count). The molecule has 166 valence electrons. The first-order chi connectivity index (χ1) is 15.4. The van der Waals surface area contributed by atoms with Crippen LogP contribution in [0.4, 0.5) is 5.69 Å². The molecule has 0 fully saturated rings. The maximum Gasteiger partial charge on any atom is 0.340 e. The number of anilines is 1. The summed E-state index contributed by atoms with van der Waals surface area (Å²) in [6.45, 7) is 7.65. The van der Waals surface area contributed by atoms with E-state index in [1.807, 2.05) is 24.3 Å². The van der Waals surface area contributed by atoms with Crippen molar-refractivity contribution >= 4 is 39.6 Å². The predicted octanol–water partition coefficient (Wildman–Crippen LogP) is 5.29. The lowest BCUT2D eigenvalue weighted by atomic mass is 10.0. The summed E-state index contributed by atoms with van der Waals surface area (Å²) >= 11 is 3.40. The number of carbonyl (C=O) groups is 2. The fourth-order valence-electron chi connectivity index (χ4n) is 3.39. The van der Waals surface area contributed by atoms with Gasteiger partial charge in [-0.3, -0.25) is 9.69 Å². The van der Waals surface area contributed by atoms with Crippen LogP contribution in [-0.4, -0.2) is 32.2 Å². The Bertz CT molecular complexity index is 1100. The third kappa shape index (κ3) is 4.78. The lowest BCUT2D eigenvalue weighted by Gasteiger charge is -2.18. The van der Waals surface area contributed by atoms with Crippen LogP contribution in [0.3, 0.4) is 0 Å². The van der Waals surface area contributed by atoms with E-state index in [2.05, 4.69) is 22.5 Å². The van der Waals surface area contributed by atoms with Crippen LogP contribution in [0.25, 0.3) is 6.08 Å². The molecule has 0 saturated carbocycles. The van der Waals surface area contributed by atoms with Crippen molar-refractivity contribution in [3.8, 4) is 11.5 Å². The number of carbonyl (C=O) groups excluding carboxylic acids is 2. The van der Waals surface area contributed by atoms with Gasteiger partial charge in [0.25, 0.3) is 5.91 Å². The van der Waals surface area contributed by atoms with Gasteiger partial charge in [0.05, 0.1) is 24.9 Å². The third-order valence-electron chi connectivity index (χ3n) is 4.82. The van der Waals surface area contributed by atoms with E-state index in [9.17, 15) is 9.59 Å². The highest BCUT2D eigenvalue weighted by atomic mass is 79.9. The Morgan fingerprint density at radius 3 is 2.50 bits per heavy atom. The van der Waals surface area contributed by atoms with E-state index in [4.69, 9.17) is 14.2 Å². The summed E-state index contributed by atoms with van der Waals surface area (Å²) in [5.41, 5.74) is 2.35. The molecule has 0 bridgehead atoms. The Morgan fingerprint density at radius 2 is 1.88 bits per heavy atom. The van der Waals surface area contributed by atoms with Crippen LogP contribution in [0.5, 0.6) is 11.5 Å². The van der Waals surface area contributed by atoms with Gasteiger partial charge < -0.3 is 14.2 Å². The summed E-state index contributed by atoms with van der Waals surface area (Å²) in [5.74, 6) is 0.219. The van der Waals surface area contributed by atoms with Crippen molar-refractivity contribution in [3.05, 3.63) is 82.0 Å². The molecule has 0 N–H and O–H groups in total. The number of halogens is 1. The van der Waals surface area contributed by atoms with Gasteiger partial charge in [-0.1, -0.05) is 34.7 Å². The smallest absolute Gasteiger partial charge is 0.340 e. The number of hydrogen-bond acceptors (Lipinski definition) is 5. The first-order valence-corrected chi connectivity index (χ1v) is 10.8. The molecule has 0 atom stereocenters. The molecule has 2 aromatic carbocycles. The first kappa shape index (κ1) is 23.3. The number of nitrogens with zero attached hydrogens (tertiary/aromatic N) is 1. The van der Waals surface area contributed by atoms with Crippen molar-refractivity contribution in [2.45, 2.75) is 13.8 Å². The molecule has 1 aliphatic rings. The van der Waals surface area contributed by atoms with Gasteiger partial charge in [0, 0.05) is 15.9 Å². The molecular weight excluding hydrogens is 474 g/mol.